The summed E-state index contributed by atoms with van der Waals surface area (Å²) in [7, 11) is 0. The lowest BCUT2D eigenvalue weighted by Crippen LogP contribution is -2.90. The van der Waals surface area contributed by atoms with E-state index in [0.29, 0.717) is 41.4 Å². The van der Waals surface area contributed by atoms with E-state index in [2.05, 4.69) is 17.6 Å². The van der Waals surface area contributed by atoms with E-state index in [9.17, 15) is 9.59 Å². The molecular weight excluding hydrogens is 398 g/mol. The maximum absolute atomic E-state index is 13.2. The summed E-state index contributed by atoms with van der Waals surface area (Å²) in [6.07, 6.45) is 2.88. The van der Waals surface area contributed by atoms with Gasteiger partial charge in [-0.2, -0.15) is 0 Å². The van der Waals surface area contributed by atoms with E-state index >= 15 is 0 Å². The van der Waals surface area contributed by atoms with E-state index in [0.717, 1.165) is 30.6 Å². The van der Waals surface area contributed by atoms with Gasteiger partial charge in [-0.3, -0.25) is 9.59 Å². The van der Waals surface area contributed by atoms with Gasteiger partial charge in [-0.05, 0) is 75.8 Å². The predicted molar refractivity (Wildman–Crippen MR) is 122 cm³/mol. The van der Waals surface area contributed by atoms with Gasteiger partial charge in [-0.1, -0.05) is 6.92 Å². The Morgan fingerprint density at radius 2 is 1.97 bits per heavy atom. The second-order valence-electron chi connectivity index (χ2n) is 8.20. The second-order valence-corrected chi connectivity index (χ2v) is 9.30. The number of carbonyl (C=O) groups is 2. The highest BCUT2D eigenvalue weighted by Gasteiger charge is 2.28. The Hall–Kier alpha value is -2.38. The molecular formula is C23H32N3O3S+. The number of amides is 2. The molecule has 2 aromatic rings. The van der Waals surface area contributed by atoms with Crippen molar-refractivity contribution in [2.45, 2.75) is 53.0 Å². The summed E-state index contributed by atoms with van der Waals surface area (Å²) in [5.74, 6) is 1.11. The molecule has 162 valence electrons. The molecule has 0 aliphatic heterocycles. The van der Waals surface area contributed by atoms with E-state index < -0.39 is 0 Å². The molecule has 2 amide bonds. The zero-order valence-electron chi connectivity index (χ0n) is 18.2. The summed E-state index contributed by atoms with van der Waals surface area (Å²) in [5, 5.41) is 8.63. The lowest BCUT2D eigenvalue weighted by molar-refractivity contribution is -0.672. The number of rotatable bonds is 8. The Labute approximate surface area is 182 Å². The Kier molecular flexibility index (Phi) is 7.50. The smallest absolute Gasteiger partial charge is 0.280 e. The topological polar surface area (TPSA) is 84.0 Å². The number of benzene rings is 1. The minimum Gasteiger partial charge on any atom is -0.494 e. The number of hydrogen-bond donors (Lipinski definition) is 3. The van der Waals surface area contributed by atoms with E-state index in [4.69, 9.17) is 4.74 Å². The summed E-state index contributed by atoms with van der Waals surface area (Å²) >= 11 is 1.55. The Morgan fingerprint density at radius 3 is 2.63 bits per heavy atom. The molecule has 30 heavy (non-hydrogen) atoms. The third-order valence-corrected chi connectivity index (χ3v) is 6.36. The van der Waals surface area contributed by atoms with Gasteiger partial charge >= 0.3 is 0 Å². The normalized spacial score (nSPS) is 15.6. The van der Waals surface area contributed by atoms with Crippen molar-refractivity contribution < 1.29 is 19.6 Å². The number of fused-ring (bicyclic) bond motifs is 1. The van der Waals surface area contributed by atoms with Gasteiger partial charge in [0.05, 0.1) is 18.2 Å². The SMILES string of the molecule is CCOc1ccc(NC(=O)c2c(NC(=O)C[NH2+]C(C)C)sc3c2CC[C@@H](C)C3)cc1. The van der Waals surface area contributed by atoms with Crippen molar-refractivity contribution in [1.29, 1.82) is 0 Å². The number of quaternary nitrogens is 1. The fourth-order valence-electron chi connectivity index (χ4n) is 3.59. The maximum atomic E-state index is 13.2. The van der Waals surface area contributed by atoms with Crippen molar-refractivity contribution in [3.05, 3.63) is 40.3 Å². The first-order chi connectivity index (χ1) is 14.4. The molecule has 1 heterocycles. The molecule has 0 saturated carbocycles. The third-order valence-electron chi connectivity index (χ3n) is 5.19. The van der Waals surface area contributed by atoms with Crippen molar-refractivity contribution in [3.63, 3.8) is 0 Å². The van der Waals surface area contributed by atoms with E-state index in [-0.39, 0.29) is 11.8 Å². The van der Waals surface area contributed by atoms with Crippen LogP contribution in [-0.4, -0.2) is 31.0 Å². The van der Waals surface area contributed by atoms with Crippen molar-refractivity contribution in [2.24, 2.45) is 5.92 Å². The van der Waals surface area contributed by atoms with E-state index in [1.165, 1.54) is 4.88 Å². The van der Waals surface area contributed by atoms with Crippen LogP contribution in [0.2, 0.25) is 0 Å². The number of nitrogens with two attached hydrogens (primary N) is 1. The summed E-state index contributed by atoms with van der Waals surface area (Å²) in [6, 6.07) is 7.69. The third kappa shape index (κ3) is 5.61. The zero-order chi connectivity index (χ0) is 21.7. The molecule has 0 fully saturated rings. The highest BCUT2D eigenvalue weighted by molar-refractivity contribution is 7.17. The highest BCUT2D eigenvalue weighted by atomic mass is 32.1. The molecule has 0 bridgehead atoms. The van der Waals surface area contributed by atoms with Crippen LogP contribution in [0.15, 0.2) is 24.3 Å². The fraction of sp³-hybridized carbons (Fsp3) is 0.478. The molecule has 7 heteroatoms. The molecule has 0 spiro atoms. The van der Waals surface area contributed by atoms with Crippen LogP contribution in [0.4, 0.5) is 10.7 Å². The molecule has 0 radical (unpaired) electrons. The molecule has 1 aliphatic rings. The van der Waals surface area contributed by atoms with Gasteiger partial charge in [0.1, 0.15) is 10.8 Å². The largest absolute Gasteiger partial charge is 0.494 e. The standard InChI is InChI=1S/C23H31N3O3S/c1-5-29-17-9-7-16(8-10-17)25-22(28)21-18-11-6-15(4)12-19(18)30-23(21)26-20(27)13-24-14(2)3/h7-10,14-15,24H,5-6,11-13H2,1-4H3,(H,25,28)(H,26,27)/p+1/t15-/m1/s1. The lowest BCUT2D eigenvalue weighted by atomic mass is 9.88. The Bertz CT molecular complexity index is 890. The Morgan fingerprint density at radius 1 is 1.23 bits per heavy atom. The number of anilines is 2. The highest BCUT2D eigenvalue weighted by Crippen LogP contribution is 2.40. The number of ether oxygens (including phenoxy) is 1. The fourth-order valence-corrected chi connectivity index (χ4v) is 5.02. The average Bonchev–Trinajstić information content (AvgIpc) is 3.04. The van der Waals surface area contributed by atoms with Crippen LogP contribution in [-0.2, 0) is 17.6 Å². The summed E-state index contributed by atoms with van der Waals surface area (Å²) in [5.41, 5.74) is 2.41. The molecule has 4 N–H and O–H groups in total. The van der Waals surface area contributed by atoms with Gasteiger partial charge in [-0.15, -0.1) is 11.3 Å². The predicted octanol–water partition coefficient (Wildman–Crippen LogP) is 3.43. The second kappa shape index (κ2) is 10.1. The van der Waals surface area contributed by atoms with Crippen molar-refractivity contribution >= 4 is 33.8 Å². The van der Waals surface area contributed by atoms with Crippen molar-refractivity contribution in [3.8, 4) is 5.75 Å². The van der Waals surface area contributed by atoms with Crippen molar-refractivity contribution in [1.82, 2.24) is 0 Å². The van der Waals surface area contributed by atoms with Gasteiger partial charge in [0.2, 0.25) is 0 Å². The minimum absolute atomic E-state index is 0.0783. The molecule has 0 unspecified atom stereocenters. The molecule has 1 aromatic carbocycles. The van der Waals surface area contributed by atoms with Crippen LogP contribution >= 0.6 is 11.3 Å². The summed E-state index contributed by atoms with van der Waals surface area (Å²) in [4.78, 5) is 26.9. The van der Waals surface area contributed by atoms with Crippen LogP contribution < -0.4 is 20.7 Å². The molecule has 3 rings (SSSR count). The van der Waals surface area contributed by atoms with Gasteiger partial charge in [0.15, 0.2) is 6.54 Å². The van der Waals surface area contributed by atoms with E-state index in [1.54, 1.807) is 11.3 Å². The average molecular weight is 431 g/mol. The lowest BCUT2D eigenvalue weighted by Gasteiger charge is -2.18. The first-order valence-corrected chi connectivity index (χ1v) is 11.5. The monoisotopic (exact) mass is 430 g/mol. The van der Waals surface area contributed by atoms with Crippen LogP contribution in [0.3, 0.4) is 0 Å². The van der Waals surface area contributed by atoms with Crippen LogP contribution in [0, 0.1) is 5.92 Å². The van der Waals surface area contributed by atoms with Crippen LogP contribution in [0.5, 0.6) is 5.75 Å². The molecule has 6 nitrogen and oxygen atoms in total. The first kappa shape index (κ1) is 22.3. The molecule has 1 aliphatic carbocycles. The minimum atomic E-state index is -0.172. The maximum Gasteiger partial charge on any atom is 0.280 e. The summed E-state index contributed by atoms with van der Waals surface area (Å²) in [6.45, 7) is 9.21. The van der Waals surface area contributed by atoms with E-state index in [1.807, 2.05) is 50.4 Å². The molecule has 1 atom stereocenters. The zero-order valence-corrected chi connectivity index (χ0v) is 19.0. The number of carbonyl (C=O) groups excluding carboxylic acids is 2. The number of nitrogens with one attached hydrogen (secondary N) is 2. The quantitative estimate of drug-likeness (QED) is 0.600. The number of thiophene rings is 1. The van der Waals surface area contributed by atoms with Gasteiger partial charge in [0.25, 0.3) is 11.8 Å². The number of hydrogen-bond acceptors (Lipinski definition) is 4. The molecule has 1 aromatic heterocycles. The van der Waals surface area contributed by atoms with Crippen molar-refractivity contribution in [2.75, 3.05) is 23.8 Å². The summed E-state index contributed by atoms with van der Waals surface area (Å²) < 4.78 is 5.46. The van der Waals surface area contributed by atoms with Crippen LogP contribution in [0.25, 0.3) is 0 Å². The Balaban J connectivity index is 1.82. The van der Waals surface area contributed by atoms with Gasteiger partial charge in [-0.25, -0.2) is 0 Å². The van der Waals surface area contributed by atoms with Gasteiger partial charge in [0, 0.05) is 10.6 Å². The van der Waals surface area contributed by atoms with Gasteiger partial charge < -0.3 is 20.7 Å². The molecule has 0 saturated heterocycles. The first-order valence-electron chi connectivity index (χ1n) is 10.7. The van der Waals surface area contributed by atoms with Crippen LogP contribution in [0.1, 0.15) is 54.9 Å².